The predicted octanol–water partition coefficient (Wildman–Crippen LogP) is 1.75. The van der Waals surface area contributed by atoms with Crippen molar-refractivity contribution in [3.8, 4) is 0 Å². The fraction of sp³-hybridized carbons (Fsp3) is 0.333. The quantitative estimate of drug-likeness (QED) is 0.747. The van der Waals surface area contributed by atoms with E-state index < -0.39 is 5.97 Å². The Kier molecular flexibility index (Phi) is 4.03. The first kappa shape index (κ1) is 11.4. The van der Waals surface area contributed by atoms with Gasteiger partial charge >= 0.3 is 5.97 Å². The van der Waals surface area contributed by atoms with Gasteiger partial charge in [0.1, 0.15) is 6.29 Å². The number of hydrogen-bond acceptors (Lipinski definition) is 2. The van der Waals surface area contributed by atoms with E-state index in [4.69, 9.17) is 5.11 Å². The molecule has 0 aliphatic carbocycles. The normalized spacial score (nSPS) is 9.93. The van der Waals surface area contributed by atoms with Crippen LogP contribution in [-0.4, -0.2) is 17.4 Å². The maximum Gasteiger partial charge on any atom is 0.307 e. The van der Waals surface area contributed by atoms with E-state index in [0.29, 0.717) is 12.8 Å². The monoisotopic (exact) mass is 206 g/mol. The molecule has 3 heteroatoms. The molecule has 80 valence electrons. The van der Waals surface area contributed by atoms with Crippen LogP contribution in [0.1, 0.15) is 23.1 Å². The molecule has 1 aromatic carbocycles. The highest BCUT2D eigenvalue weighted by Gasteiger charge is 2.03. The molecule has 0 atom stereocenters. The lowest BCUT2D eigenvalue weighted by molar-refractivity contribution is -0.136. The highest BCUT2D eigenvalue weighted by molar-refractivity contribution is 5.70. The Morgan fingerprint density at radius 2 is 2.00 bits per heavy atom. The summed E-state index contributed by atoms with van der Waals surface area (Å²) in [4.78, 5) is 20.8. The Bertz CT molecular complexity index is 369. The van der Waals surface area contributed by atoms with Gasteiger partial charge in [-0.1, -0.05) is 23.8 Å². The SMILES string of the molecule is Cc1cc(CCC=O)cc(CC(=O)O)c1. The van der Waals surface area contributed by atoms with Gasteiger partial charge in [0, 0.05) is 6.42 Å². The van der Waals surface area contributed by atoms with Crippen LogP contribution in [0.15, 0.2) is 18.2 Å². The van der Waals surface area contributed by atoms with E-state index in [1.54, 1.807) is 0 Å². The van der Waals surface area contributed by atoms with Crippen LogP contribution in [0.5, 0.6) is 0 Å². The van der Waals surface area contributed by atoms with Crippen LogP contribution in [0.25, 0.3) is 0 Å². The van der Waals surface area contributed by atoms with E-state index in [1.807, 2.05) is 25.1 Å². The summed E-state index contributed by atoms with van der Waals surface area (Å²) in [6, 6.07) is 5.69. The summed E-state index contributed by atoms with van der Waals surface area (Å²) >= 11 is 0. The maximum absolute atomic E-state index is 10.5. The molecule has 0 fully saturated rings. The number of aryl methyl sites for hydroxylation is 2. The number of hydrogen-bond donors (Lipinski definition) is 1. The molecule has 1 aromatic rings. The first-order valence-corrected chi connectivity index (χ1v) is 4.86. The van der Waals surface area contributed by atoms with Crippen molar-refractivity contribution in [3.05, 3.63) is 34.9 Å². The Hall–Kier alpha value is -1.64. The third-order valence-electron chi connectivity index (χ3n) is 2.10. The van der Waals surface area contributed by atoms with E-state index in [1.165, 1.54) is 0 Å². The van der Waals surface area contributed by atoms with Crippen LogP contribution in [0.4, 0.5) is 0 Å². The molecular formula is C12H14O3. The molecule has 15 heavy (non-hydrogen) atoms. The summed E-state index contributed by atoms with van der Waals surface area (Å²) in [5.41, 5.74) is 2.86. The molecule has 1 rings (SSSR count). The van der Waals surface area contributed by atoms with Gasteiger partial charge in [0.2, 0.25) is 0 Å². The van der Waals surface area contributed by atoms with Crippen molar-refractivity contribution in [1.29, 1.82) is 0 Å². The van der Waals surface area contributed by atoms with Gasteiger partial charge in [0.15, 0.2) is 0 Å². The standard InChI is InChI=1S/C12H14O3/c1-9-5-10(3-2-4-13)7-11(6-9)8-12(14)15/h4-7H,2-3,8H2,1H3,(H,14,15). The van der Waals surface area contributed by atoms with Crippen molar-refractivity contribution in [2.24, 2.45) is 0 Å². The third-order valence-corrected chi connectivity index (χ3v) is 2.10. The average molecular weight is 206 g/mol. The zero-order valence-electron chi connectivity index (χ0n) is 8.69. The van der Waals surface area contributed by atoms with Crippen LogP contribution < -0.4 is 0 Å². The van der Waals surface area contributed by atoms with Gasteiger partial charge in [0.05, 0.1) is 6.42 Å². The largest absolute Gasteiger partial charge is 0.481 e. The molecule has 1 N–H and O–H groups in total. The first-order chi connectivity index (χ1) is 7.11. The summed E-state index contributed by atoms with van der Waals surface area (Å²) in [6.45, 7) is 1.93. The lowest BCUT2D eigenvalue weighted by atomic mass is 10.0. The van der Waals surface area contributed by atoms with Gasteiger partial charge in [0.25, 0.3) is 0 Å². The molecular weight excluding hydrogens is 192 g/mol. The summed E-state index contributed by atoms with van der Waals surface area (Å²) in [7, 11) is 0. The van der Waals surface area contributed by atoms with Crippen molar-refractivity contribution < 1.29 is 14.7 Å². The first-order valence-electron chi connectivity index (χ1n) is 4.86. The van der Waals surface area contributed by atoms with Crippen molar-refractivity contribution in [2.45, 2.75) is 26.2 Å². The number of carboxylic acid groups (broad SMARTS) is 1. The minimum atomic E-state index is -0.832. The lowest BCUT2D eigenvalue weighted by Crippen LogP contribution is -2.01. The second-order valence-corrected chi connectivity index (χ2v) is 3.60. The number of aliphatic carboxylic acids is 1. The highest BCUT2D eigenvalue weighted by atomic mass is 16.4. The Morgan fingerprint density at radius 3 is 2.60 bits per heavy atom. The van der Waals surface area contributed by atoms with Gasteiger partial charge < -0.3 is 9.90 Å². The minimum absolute atomic E-state index is 0.0375. The average Bonchev–Trinajstić information content (AvgIpc) is 2.12. The topological polar surface area (TPSA) is 54.4 Å². The van der Waals surface area contributed by atoms with Crippen LogP contribution in [-0.2, 0) is 22.4 Å². The smallest absolute Gasteiger partial charge is 0.307 e. The van der Waals surface area contributed by atoms with Gasteiger partial charge in [-0.2, -0.15) is 0 Å². The number of aldehydes is 1. The Labute approximate surface area is 88.7 Å². The fourth-order valence-corrected chi connectivity index (χ4v) is 1.59. The van der Waals surface area contributed by atoms with Crippen LogP contribution >= 0.6 is 0 Å². The molecule has 0 aromatic heterocycles. The van der Waals surface area contributed by atoms with Crippen molar-refractivity contribution >= 4 is 12.3 Å². The summed E-state index contributed by atoms with van der Waals surface area (Å²) in [6.07, 6.45) is 2.07. The van der Waals surface area contributed by atoms with Crippen molar-refractivity contribution in [1.82, 2.24) is 0 Å². The van der Waals surface area contributed by atoms with E-state index in [-0.39, 0.29) is 6.42 Å². The number of rotatable bonds is 5. The number of carbonyl (C=O) groups excluding carboxylic acids is 1. The van der Waals surface area contributed by atoms with E-state index in [2.05, 4.69) is 0 Å². The molecule has 0 spiro atoms. The van der Waals surface area contributed by atoms with E-state index in [9.17, 15) is 9.59 Å². The van der Waals surface area contributed by atoms with Crippen LogP contribution in [0.2, 0.25) is 0 Å². The van der Waals surface area contributed by atoms with Gasteiger partial charge in [-0.05, 0) is 24.5 Å². The predicted molar refractivity (Wildman–Crippen MR) is 56.9 cm³/mol. The second-order valence-electron chi connectivity index (χ2n) is 3.60. The maximum atomic E-state index is 10.5. The third kappa shape index (κ3) is 3.94. The van der Waals surface area contributed by atoms with Gasteiger partial charge in [-0.3, -0.25) is 4.79 Å². The lowest BCUT2D eigenvalue weighted by Gasteiger charge is -2.04. The molecule has 0 heterocycles. The minimum Gasteiger partial charge on any atom is -0.481 e. The number of benzene rings is 1. The Balaban J connectivity index is 2.84. The fourth-order valence-electron chi connectivity index (χ4n) is 1.59. The van der Waals surface area contributed by atoms with Crippen LogP contribution in [0, 0.1) is 6.92 Å². The van der Waals surface area contributed by atoms with E-state index >= 15 is 0 Å². The second kappa shape index (κ2) is 5.29. The molecule has 0 bridgehead atoms. The molecule has 0 amide bonds. The molecule has 0 saturated carbocycles. The van der Waals surface area contributed by atoms with Crippen LogP contribution in [0.3, 0.4) is 0 Å². The number of carbonyl (C=O) groups is 2. The summed E-state index contributed by atoms with van der Waals surface area (Å²) in [5, 5.41) is 8.67. The Morgan fingerprint density at radius 1 is 1.33 bits per heavy atom. The summed E-state index contributed by atoms with van der Waals surface area (Å²) < 4.78 is 0. The molecule has 3 nitrogen and oxygen atoms in total. The molecule has 0 saturated heterocycles. The van der Waals surface area contributed by atoms with Crippen molar-refractivity contribution in [3.63, 3.8) is 0 Å². The molecule has 0 unspecified atom stereocenters. The zero-order chi connectivity index (χ0) is 11.3. The van der Waals surface area contributed by atoms with Gasteiger partial charge in [-0.25, -0.2) is 0 Å². The van der Waals surface area contributed by atoms with Crippen molar-refractivity contribution in [2.75, 3.05) is 0 Å². The van der Waals surface area contributed by atoms with Gasteiger partial charge in [-0.15, -0.1) is 0 Å². The van der Waals surface area contributed by atoms with E-state index in [0.717, 1.165) is 23.0 Å². The molecule has 0 radical (unpaired) electrons. The zero-order valence-corrected chi connectivity index (χ0v) is 8.69. The number of carboxylic acids is 1. The molecule has 0 aliphatic heterocycles. The molecule has 0 aliphatic rings. The summed E-state index contributed by atoms with van der Waals surface area (Å²) in [5.74, 6) is -0.832. The highest BCUT2D eigenvalue weighted by Crippen LogP contribution is 2.12.